The van der Waals surface area contributed by atoms with Crippen LogP contribution in [-0.2, 0) is 11.3 Å². The highest BCUT2D eigenvalue weighted by molar-refractivity contribution is 7.09. The van der Waals surface area contributed by atoms with Gasteiger partial charge in [-0.05, 0) is 25.0 Å². The van der Waals surface area contributed by atoms with Crippen LogP contribution in [0.2, 0.25) is 0 Å². The Bertz CT molecular complexity index is 840. The molecule has 0 radical (unpaired) electrons. The summed E-state index contributed by atoms with van der Waals surface area (Å²) in [6, 6.07) is 3.91. The van der Waals surface area contributed by atoms with Crippen molar-refractivity contribution < 1.29 is 9.59 Å². The molecule has 7 heteroatoms. The lowest BCUT2D eigenvalue weighted by Gasteiger charge is -2.37. The first-order valence-corrected chi connectivity index (χ1v) is 9.98. The molecule has 1 saturated heterocycles. The topological polar surface area (TPSA) is 58.4 Å². The van der Waals surface area contributed by atoms with Crippen LogP contribution in [0, 0.1) is 12.8 Å². The average molecular weight is 372 g/mol. The summed E-state index contributed by atoms with van der Waals surface area (Å²) < 4.78 is 2.05. The highest BCUT2D eigenvalue weighted by Gasteiger charge is 2.46. The number of carbonyl (C=O) groups excluding carboxylic acids is 2. The Morgan fingerprint density at radius 1 is 1.35 bits per heavy atom. The smallest absolute Gasteiger partial charge is 0.271 e. The number of likely N-dealkylation sites (tertiary alicyclic amines) is 1. The molecular formula is C19H24N4O2S. The Morgan fingerprint density at radius 3 is 2.81 bits per heavy atom. The second-order valence-corrected chi connectivity index (χ2v) is 8.69. The van der Waals surface area contributed by atoms with E-state index in [9.17, 15) is 9.59 Å². The predicted octanol–water partition coefficient (Wildman–Crippen LogP) is 2.71. The zero-order valence-corrected chi connectivity index (χ0v) is 16.2. The fourth-order valence-corrected chi connectivity index (χ4v) is 4.64. The highest BCUT2D eigenvalue weighted by atomic mass is 32.1. The molecule has 2 aromatic heterocycles. The minimum Gasteiger partial charge on any atom is -0.338 e. The van der Waals surface area contributed by atoms with Gasteiger partial charge in [-0.1, -0.05) is 13.8 Å². The SMILES string of the molecule is Cc1nc(CN2C(=O)c3cccn3[C@@H]3CN(C(=O)CC(C)C)C[C@H]32)cs1. The summed E-state index contributed by atoms with van der Waals surface area (Å²) in [6.45, 7) is 7.86. The number of rotatable bonds is 4. The van der Waals surface area contributed by atoms with E-state index >= 15 is 0 Å². The van der Waals surface area contributed by atoms with Gasteiger partial charge in [-0.15, -0.1) is 11.3 Å². The van der Waals surface area contributed by atoms with Crippen molar-refractivity contribution in [3.05, 3.63) is 40.1 Å². The molecular weight excluding hydrogens is 348 g/mol. The van der Waals surface area contributed by atoms with Gasteiger partial charge in [0, 0.05) is 31.1 Å². The molecule has 0 aliphatic carbocycles. The summed E-state index contributed by atoms with van der Waals surface area (Å²) in [7, 11) is 0. The van der Waals surface area contributed by atoms with Crippen molar-refractivity contribution in [3.8, 4) is 0 Å². The number of amides is 2. The molecule has 2 aromatic rings. The first-order valence-electron chi connectivity index (χ1n) is 9.10. The van der Waals surface area contributed by atoms with Crippen LogP contribution in [0.25, 0.3) is 0 Å². The molecule has 2 aliphatic heterocycles. The first kappa shape index (κ1) is 17.3. The lowest BCUT2D eigenvalue weighted by atomic mass is 10.1. The van der Waals surface area contributed by atoms with Crippen LogP contribution in [-0.4, -0.2) is 50.3 Å². The molecule has 1 fully saturated rings. The van der Waals surface area contributed by atoms with Crippen LogP contribution in [0.1, 0.15) is 47.5 Å². The fourth-order valence-electron chi connectivity index (χ4n) is 4.04. The second-order valence-electron chi connectivity index (χ2n) is 7.62. The number of aryl methyl sites for hydroxylation is 1. The molecule has 0 bridgehead atoms. The van der Waals surface area contributed by atoms with Gasteiger partial charge in [0.25, 0.3) is 5.91 Å². The minimum absolute atomic E-state index is 0.000480. The zero-order chi connectivity index (χ0) is 18.4. The van der Waals surface area contributed by atoms with Crippen molar-refractivity contribution in [2.45, 2.75) is 45.8 Å². The number of nitrogens with zero attached hydrogens (tertiary/aromatic N) is 4. The maximum Gasteiger partial charge on any atom is 0.271 e. The van der Waals surface area contributed by atoms with Crippen LogP contribution in [0.3, 0.4) is 0 Å². The van der Waals surface area contributed by atoms with Crippen LogP contribution >= 0.6 is 11.3 Å². The predicted molar refractivity (Wildman–Crippen MR) is 100 cm³/mol. The molecule has 138 valence electrons. The van der Waals surface area contributed by atoms with E-state index in [1.807, 2.05) is 40.4 Å². The summed E-state index contributed by atoms with van der Waals surface area (Å²) >= 11 is 1.60. The summed E-state index contributed by atoms with van der Waals surface area (Å²) in [5.74, 6) is 0.544. The summed E-state index contributed by atoms with van der Waals surface area (Å²) in [5, 5.41) is 3.02. The molecule has 0 saturated carbocycles. The van der Waals surface area contributed by atoms with E-state index < -0.39 is 0 Å². The van der Waals surface area contributed by atoms with Crippen molar-refractivity contribution in [2.75, 3.05) is 13.1 Å². The molecule has 2 aliphatic rings. The molecule has 2 atom stereocenters. The largest absolute Gasteiger partial charge is 0.338 e. The van der Waals surface area contributed by atoms with E-state index in [1.165, 1.54) is 0 Å². The monoisotopic (exact) mass is 372 g/mol. The molecule has 26 heavy (non-hydrogen) atoms. The fraction of sp³-hybridized carbons (Fsp3) is 0.526. The molecule has 0 unspecified atom stereocenters. The number of carbonyl (C=O) groups is 2. The Balaban J connectivity index is 1.63. The Morgan fingerprint density at radius 2 is 2.12 bits per heavy atom. The number of fused-ring (bicyclic) bond motifs is 3. The van der Waals surface area contributed by atoms with Crippen LogP contribution in [0.15, 0.2) is 23.7 Å². The molecule has 0 N–H and O–H groups in total. The second kappa shape index (κ2) is 6.54. The Kier molecular flexibility index (Phi) is 4.34. The summed E-state index contributed by atoms with van der Waals surface area (Å²) in [5.41, 5.74) is 1.63. The van der Waals surface area contributed by atoms with Crippen molar-refractivity contribution in [3.63, 3.8) is 0 Å². The van der Waals surface area contributed by atoms with Crippen LogP contribution in [0.5, 0.6) is 0 Å². The molecule has 6 nitrogen and oxygen atoms in total. The van der Waals surface area contributed by atoms with Crippen LogP contribution in [0.4, 0.5) is 0 Å². The van der Waals surface area contributed by atoms with E-state index in [4.69, 9.17) is 0 Å². The normalized spacial score (nSPS) is 22.1. The third-order valence-corrected chi connectivity index (χ3v) is 6.03. The number of hydrogen-bond acceptors (Lipinski definition) is 4. The third kappa shape index (κ3) is 2.94. The van der Waals surface area contributed by atoms with Gasteiger partial charge >= 0.3 is 0 Å². The lowest BCUT2D eigenvalue weighted by molar-refractivity contribution is -0.131. The van der Waals surface area contributed by atoms with Gasteiger partial charge < -0.3 is 14.4 Å². The summed E-state index contributed by atoms with van der Waals surface area (Å²) in [6.07, 6.45) is 2.52. The molecule has 0 spiro atoms. The van der Waals surface area contributed by atoms with Gasteiger partial charge in [-0.25, -0.2) is 4.98 Å². The van der Waals surface area contributed by atoms with Crippen molar-refractivity contribution in [1.29, 1.82) is 0 Å². The van der Waals surface area contributed by atoms with Gasteiger partial charge in [0.2, 0.25) is 5.91 Å². The lowest BCUT2D eigenvalue weighted by Crippen LogP contribution is -2.50. The minimum atomic E-state index is 0.000480. The molecule has 4 heterocycles. The van der Waals surface area contributed by atoms with Crippen molar-refractivity contribution in [1.82, 2.24) is 19.4 Å². The maximum absolute atomic E-state index is 13.1. The van der Waals surface area contributed by atoms with E-state index in [1.54, 1.807) is 11.3 Å². The quantitative estimate of drug-likeness (QED) is 0.829. The molecule has 0 aromatic carbocycles. The van der Waals surface area contributed by atoms with E-state index in [0.29, 0.717) is 37.7 Å². The van der Waals surface area contributed by atoms with Gasteiger partial charge in [0.05, 0.1) is 29.3 Å². The van der Waals surface area contributed by atoms with Crippen molar-refractivity contribution in [2.24, 2.45) is 5.92 Å². The van der Waals surface area contributed by atoms with Gasteiger partial charge in [-0.2, -0.15) is 0 Å². The zero-order valence-electron chi connectivity index (χ0n) is 15.4. The van der Waals surface area contributed by atoms with E-state index in [-0.39, 0.29) is 23.9 Å². The average Bonchev–Trinajstić information content (AvgIpc) is 3.29. The van der Waals surface area contributed by atoms with E-state index in [0.717, 1.165) is 10.7 Å². The molecule has 2 amide bonds. The molecule has 4 rings (SSSR count). The summed E-state index contributed by atoms with van der Waals surface area (Å²) in [4.78, 5) is 34.0. The van der Waals surface area contributed by atoms with Crippen LogP contribution < -0.4 is 0 Å². The Hall–Kier alpha value is -2.15. The number of aromatic nitrogens is 2. The number of hydrogen-bond donors (Lipinski definition) is 0. The Labute approximate surface area is 157 Å². The highest BCUT2D eigenvalue weighted by Crippen LogP contribution is 2.35. The van der Waals surface area contributed by atoms with Gasteiger partial charge in [-0.3, -0.25) is 9.59 Å². The first-order chi connectivity index (χ1) is 12.4. The standard InChI is InChI=1S/C19H24N4O2S/c1-12(2)7-18(24)21-9-16-17(10-21)23(8-14-11-26-13(3)20-14)19(25)15-5-4-6-22(15)16/h4-6,11-12,16-17H,7-10H2,1-3H3/t16-,17-/m1/s1. The third-order valence-electron chi connectivity index (χ3n) is 5.21. The van der Waals surface area contributed by atoms with Gasteiger partial charge in [0.1, 0.15) is 5.69 Å². The van der Waals surface area contributed by atoms with Gasteiger partial charge in [0.15, 0.2) is 0 Å². The van der Waals surface area contributed by atoms with E-state index in [2.05, 4.69) is 23.4 Å². The maximum atomic E-state index is 13.1. The number of thiazole rings is 1. The van der Waals surface area contributed by atoms with Crippen molar-refractivity contribution >= 4 is 23.2 Å².